The van der Waals surface area contributed by atoms with Gasteiger partial charge in [0.2, 0.25) is 0 Å². The van der Waals surface area contributed by atoms with Crippen LogP contribution in [0, 0.1) is 13.8 Å². The first kappa shape index (κ1) is 21.3. The second-order valence-corrected chi connectivity index (χ2v) is 8.14. The summed E-state index contributed by atoms with van der Waals surface area (Å²) in [4.78, 5) is 41.1. The third kappa shape index (κ3) is 3.99. The van der Waals surface area contributed by atoms with E-state index in [1.807, 2.05) is 56.3 Å². The number of carbonyl (C=O) groups is 2. The summed E-state index contributed by atoms with van der Waals surface area (Å²) in [6.45, 7) is 4.15. The summed E-state index contributed by atoms with van der Waals surface area (Å²) >= 11 is 0. The van der Waals surface area contributed by atoms with Crippen molar-refractivity contribution >= 4 is 22.7 Å². The standard InChI is InChI=1S/C27H23N5O2/c1-16-23(17(2)30-24(16)27(34)29-15-20-10-6-7-13-28-20)26-31-21-12-11-19(14-22(21)32-26)25(33)18-8-4-3-5-9-18/h3-14,30H,15H2,1-2H3,(H,29,34)(H,31,32). The SMILES string of the molecule is Cc1[nH]c(C(=O)NCc2ccccn2)c(C)c1-c1nc2cc(C(=O)c3ccccc3)ccc2[nH]1. The molecule has 0 radical (unpaired) electrons. The van der Waals surface area contributed by atoms with Crippen LogP contribution in [0.15, 0.2) is 72.9 Å². The maximum Gasteiger partial charge on any atom is 0.268 e. The molecule has 0 spiro atoms. The van der Waals surface area contributed by atoms with Gasteiger partial charge in [0.1, 0.15) is 11.5 Å². The second-order valence-electron chi connectivity index (χ2n) is 8.14. The molecule has 0 aliphatic carbocycles. The van der Waals surface area contributed by atoms with Crippen LogP contribution in [0.1, 0.15) is 43.4 Å². The minimum Gasteiger partial charge on any atom is -0.354 e. The largest absolute Gasteiger partial charge is 0.354 e. The Morgan fingerprint density at radius 3 is 2.47 bits per heavy atom. The predicted molar refractivity (Wildman–Crippen MR) is 131 cm³/mol. The van der Waals surface area contributed by atoms with Crippen LogP contribution in [0.3, 0.4) is 0 Å². The monoisotopic (exact) mass is 449 g/mol. The highest BCUT2D eigenvalue weighted by Crippen LogP contribution is 2.29. The molecule has 0 bridgehead atoms. The molecular weight excluding hydrogens is 426 g/mol. The van der Waals surface area contributed by atoms with Crippen LogP contribution >= 0.6 is 0 Å². The van der Waals surface area contributed by atoms with Crippen LogP contribution in [0.25, 0.3) is 22.4 Å². The third-order valence-corrected chi connectivity index (χ3v) is 5.84. The lowest BCUT2D eigenvalue weighted by Crippen LogP contribution is -2.24. The number of ketones is 1. The van der Waals surface area contributed by atoms with E-state index in [0.29, 0.717) is 34.7 Å². The number of nitrogens with zero attached hydrogens (tertiary/aromatic N) is 2. The highest BCUT2D eigenvalue weighted by molar-refractivity contribution is 6.10. The van der Waals surface area contributed by atoms with Crippen molar-refractivity contribution in [1.29, 1.82) is 0 Å². The molecule has 0 aliphatic heterocycles. The average molecular weight is 450 g/mol. The van der Waals surface area contributed by atoms with Gasteiger partial charge in [0.25, 0.3) is 5.91 Å². The van der Waals surface area contributed by atoms with Crippen LogP contribution in [0.5, 0.6) is 0 Å². The van der Waals surface area contributed by atoms with Gasteiger partial charge in [0.15, 0.2) is 5.78 Å². The van der Waals surface area contributed by atoms with E-state index < -0.39 is 0 Å². The number of pyridine rings is 1. The fourth-order valence-electron chi connectivity index (χ4n) is 4.12. The van der Waals surface area contributed by atoms with Crippen molar-refractivity contribution in [2.45, 2.75) is 20.4 Å². The van der Waals surface area contributed by atoms with E-state index in [1.165, 1.54) is 0 Å². The van der Waals surface area contributed by atoms with E-state index in [0.717, 1.165) is 28.0 Å². The van der Waals surface area contributed by atoms with E-state index >= 15 is 0 Å². The summed E-state index contributed by atoms with van der Waals surface area (Å²) in [5, 5.41) is 2.91. The van der Waals surface area contributed by atoms with Gasteiger partial charge in [-0.2, -0.15) is 0 Å². The molecule has 1 amide bonds. The van der Waals surface area contributed by atoms with Crippen molar-refractivity contribution in [2.75, 3.05) is 0 Å². The van der Waals surface area contributed by atoms with Gasteiger partial charge in [-0.05, 0) is 49.7 Å². The van der Waals surface area contributed by atoms with Crippen molar-refractivity contribution in [3.63, 3.8) is 0 Å². The summed E-state index contributed by atoms with van der Waals surface area (Å²) in [6.07, 6.45) is 1.70. The number of imidazole rings is 1. The molecule has 7 heteroatoms. The molecule has 0 aliphatic rings. The molecule has 7 nitrogen and oxygen atoms in total. The zero-order valence-corrected chi connectivity index (χ0v) is 18.8. The van der Waals surface area contributed by atoms with Gasteiger partial charge >= 0.3 is 0 Å². The number of H-pyrrole nitrogens is 2. The van der Waals surface area contributed by atoms with Gasteiger partial charge in [0.05, 0.1) is 23.3 Å². The maximum atomic E-state index is 12.8. The molecule has 0 fully saturated rings. The molecule has 0 unspecified atom stereocenters. The van der Waals surface area contributed by atoms with Crippen molar-refractivity contribution in [2.24, 2.45) is 0 Å². The summed E-state index contributed by atoms with van der Waals surface area (Å²) in [7, 11) is 0. The smallest absolute Gasteiger partial charge is 0.268 e. The Kier molecular flexibility index (Phi) is 5.51. The molecule has 5 aromatic rings. The molecule has 3 N–H and O–H groups in total. The number of rotatable bonds is 6. The van der Waals surface area contributed by atoms with Gasteiger partial charge in [-0.3, -0.25) is 14.6 Å². The molecule has 3 heterocycles. The zero-order chi connectivity index (χ0) is 23.7. The Balaban J connectivity index is 1.43. The number of nitrogens with one attached hydrogen (secondary N) is 3. The van der Waals surface area contributed by atoms with E-state index in [2.05, 4.69) is 20.3 Å². The summed E-state index contributed by atoms with van der Waals surface area (Å²) in [5.74, 6) is 0.395. The van der Waals surface area contributed by atoms with Gasteiger partial charge in [-0.1, -0.05) is 36.4 Å². The number of carbonyl (C=O) groups excluding carboxylic acids is 2. The van der Waals surface area contributed by atoms with Crippen LogP contribution in [0.4, 0.5) is 0 Å². The fourth-order valence-corrected chi connectivity index (χ4v) is 4.12. The van der Waals surface area contributed by atoms with E-state index in [4.69, 9.17) is 4.98 Å². The normalized spacial score (nSPS) is 11.0. The molecule has 5 rings (SSSR count). The van der Waals surface area contributed by atoms with Crippen molar-refractivity contribution in [3.05, 3.63) is 107 Å². The van der Waals surface area contributed by atoms with Crippen molar-refractivity contribution in [1.82, 2.24) is 25.3 Å². The van der Waals surface area contributed by atoms with Crippen LogP contribution in [0.2, 0.25) is 0 Å². The summed E-state index contributed by atoms with van der Waals surface area (Å²) in [6, 6.07) is 20.2. The zero-order valence-electron chi connectivity index (χ0n) is 18.8. The number of aromatic amines is 2. The highest BCUT2D eigenvalue weighted by atomic mass is 16.2. The molecular formula is C27H23N5O2. The predicted octanol–water partition coefficient (Wildman–Crippen LogP) is 4.73. The van der Waals surface area contributed by atoms with E-state index in [9.17, 15) is 9.59 Å². The summed E-state index contributed by atoms with van der Waals surface area (Å²) in [5.41, 5.74) is 6.48. The topological polar surface area (TPSA) is 104 Å². The molecule has 0 atom stereocenters. The van der Waals surface area contributed by atoms with Gasteiger partial charge in [-0.15, -0.1) is 0 Å². The molecule has 34 heavy (non-hydrogen) atoms. The second kappa shape index (κ2) is 8.78. The number of fused-ring (bicyclic) bond motifs is 1. The van der Waals surface area contributed by atoms with E-state index in [-0.39, 0.29) is 11.7 Å². The third-order valence-electron chi connectivity index (χ3n) is 5.84. The molecule has 168 valence electrons. The Labute approximate surface area is 196 Å². The van der Waals surface area contributed by atoms with Gasteiger partial charge in [0, 0.05) is 28.6 Å². The average Bonchev–Trinajstić information content (AvgIpc) is 3.42. The van der Waals surface area contributed by atoms with Crippen molar-refractivity contribution in [3.8, 4) is 11.4 Å². The Bertz CT molecular complexity index is 1500. The van der Waals surface area contributed by atoms with Crippen LogP contribution in [-0.2, 0) is 6.54 Å². The molecule has 3 aromatic heterocycles. The van der Waals surface area contributed by atoms with Crippen molar-refractivity contribution < 1.29 is 9.59 Å². The van der Waals surface area contributed by atoms with Crippen LogP contribution in [-0.4, -0.2) is 31.6 Å². The maximum absolute atomic E-state index is 12.8. The molecule has 0 saturated carbocycles. The number of benzene rings is 2. The highest BCUT2D eigenvalue weighted by Gasteiger charge is 2.21. The number of amides is 1. The van der Waals surface area contributed by atoms with Gasteiger partial charge in [-0.25, -0.2) is 4.98 Å². The lowest BCUT2D eigenvalue weighted by atomic mass is 10.0. The lowest BCUT2D eigenvalue weighted by molar-refractivity contribution is 0.0944. The van der Waals surface area contributed by atoms with E-state index in [1.54, 1.807) is 30.5 Å². The minimum atomic E-state index is -0.204. The van der Waals surface area contributed by atoms with Crippen LogP contribution < -0.4 is 5.32 Å². The van der Waals surface area contributed by atoms with Gasteiger partial charge < -0.3 is 15.3 Å². The number of aryl methyl sites for hydroxylation is 1. The molecule has 0 saturated heterocycles. The molecule has 2 aromatic carbocycles. The number of aromatic nitrogens is 4. The summed E-state index contributed by atoms with van der Waals surface area (Å²) < 4.78 is 0. The number of hydrogen-bond acceptors (Lipinski definition) is 4. The Morgan fingerprint density at radius 1 is 0.912 bits per heavy atom. The number of hydrogen-bond donors (Lipinski definition) is 3. The lowest BCUT2D eigenvalue weighted by Gasteiger charge is -2.04. The fraction of sp³-hybridized carbons (Fsp3) is 0.111. The first-order valence-corrected chi connectivity index (χ1v) is 11.0. The minimum absolute atomic E-state index is 0.0482. The first-order valence-electron chi connectivity index (χ1n) is 11.0. The Hall–Kier alpha value is -4.52. The Morgan fingerprint density at radius 2 is 1.71 bits per heavy atom. The first-order chi connectivity index (χ1) is 16.5. The quantitative estimate of drug-likeness (QED) is 0.326.